The second-order valence-corrected chi connectivity index (χ2v) is 4.40. The Morgan fingerprint density at radius 2 is 2.13 bits per heavy atom. The Kier molecular flexibility index (Phi) is 4.30. The molecule has 0 aliphatic rings. The molecule has 0 spiro atoms. The predicted molar refractivity (Wildman–Crippen MR) is 61.2 cm³/mol. The summed E-state index contributed by atoms with van der Waals surface area (Å²) >= 11 is 0. The van der Waals surface area contributed by atoms with Gasteiger partial charge in [0, 0.05) is 18.3 Å². The first-order valence-corrected chi connectivity index (χ1v) is 5.44. The number of aromatic nitrogens is 1. The molecule has 0 radical (unpaired) electrons. The van der Waals surface area contributed by atoms with Crippen LogP contribution in [0.2, 0.25) is 0 Å². The Hall–Kier alpha value is -1.36. The van der Waals surface area contributed by atoms with Gasteiger partial charge in [-0.25, -0.2) is 0 Å². The lowest BCUT2D eigenvalue weighted by Crippen LogP contribution is -2.10. The zero-order valence-electron chi connectivity index (χ0n) is 9.64. The van der Waals surface area contributed by atoms with E-state index in [1.165, 1.54) is 5.56 Å². The van der Waals surface area contributed by atoms with Crippen molar-refractivity contribution in [2.75, 3.05) is 0 Å². The summed E-state index contributed by atoms with van der Waals surface area (Å²) in [4.78, 5) is 4.10. The maximum absolute atomic E-state index is 9.03. The van der Waals surface area contributed by atoms with Crippen LogP contribution in [0, 0.1) is 23.2 Å². The number of hydrogen-bond donors (Lipinski definition) is 0. The van der Waals surface area contributed by atoms with Crippen LogP contribution in [0.25, 0.3) is 0 Å². The van der Waals surface area contributed by atoms with Gasteiger partial charge < -0.3 is 0 Å². The molecule has 1 aromatic rings. The summed E-state index contributed by atoms with van der Waals surface area (Å²) < 4.78 is 0. The van der Waals surface area contributed by atoms with E-state index in [9.17, 15) is 0 Å². The number of nitriles is 1. The van der Waals surface area contributed by atoms with Crippen LogP contribution in [0.5, 0.6) is 0 Å². The molecule has 2 nitrogen and oxygen atoms in total. The van der Waals surface area contributed by atoms with Crippen molar-refractivity contribution in [3.05, 3.63) is 30.1 Å². The van der Waals surface area contributed by atoms with Crippen molar-refractivity contribution in [3.63, 3.8) is 0 Å². The summed E-state index contributed by atoms with van der Waals surface area (Å²) in [6, 6.07) is 6.40. The second-order valence-electron chi connectivity index (χ2n) is 4.40. The maximum atomic E-state index is 9.03. The quantitative estimate of drug-likeness (QED) is 0.750. The van der Waals surface area contributed by atoms with E-state index in [4.69, 9.17) is 5.26 Å². The molecule has 1 aromatic heterocycles. The minimum atomic E-state index is 0.139. The molecule has 0 aliphatic carbocycles. The molecular formula is C13H18N2. The molecule has 2 unspecified atom stereocenters. The predicted octanol–water partition coefficient (Wildman–Crippen LogP) is 3.37. The van der Waals surface area contributed by atoms with Gasteiger partial charge in [0.1, 0.15) is 0 Å². The molecule has 0 aliphatic heterocycles. The van der Waals surface area contributed by atoms with E-state index in [1.807, 2.05) is 12.3 Å². The number of pyridine rings is 1. The minimum Gasteiger partial charge on any atom is -0.264 e. The van der Waals surface area contributed by atoms with Crippen LogP contribution in [-0.2, 0) is 0 Å². The Morgan fingerprint density at radius 3 is 2.60 bits per heavy atom. The Labute approximate surface area is 92.0 Å². The van der Waals surface area contributed by atoms with Crippen molar-refractivity contribution < 1.29 is 0 Å². The molecule has 0 saturated carbocycles. The van der Waals surface area contributed by atoms with E-state index in [0.29, 0.717) is 11.8 Å². The van der Waals surface area contributed by atoms with Crippen molar-refractivity contribution >= 4 is 0 Å². The topological polar surface area (TPSA) is 36.7 Å². The third kappa shape index (κ3) is 3.36. The fourth-order valence-corrected chi connectivity index (χ4v) is 1.66. The molecule has 0 aromatic carbocycles. The van der Waals surface area contributed by atoms with Crippen molar-refractivity contribution in [2.24, 2.45) is 11.8 Å². The summed E-state index contributed by atoms with van der Waals surface area (Å²) in [7, 11) is 0. The average molecular weight is 202 g/mol. The average Bonchev–Trinajstić information content (AvgIpc) is 2.26. The van der Waals surface area contributed by atoms with Gasteiger partial charge in [-0.15, -0.1) is 0 Å². The molecule has 2 atom stereocenters. The van der Waals surface area contributed by atoms with E-state index in [-0.39, 0.29) is 5.92 Å². The highest BCUT2D eigenvalue weighted by Crippen LogP contribution is 2.26. The van der Waals surface area contributed by atoms with Crippen LogP contribution in [0.15, 0.2) is 24.5 Å². The highest BCUT2D eigenvalue weighted by molar-refractivity contribution is 5.14. The maximum Gasteiger partial charge on any atom is 0.0658 e. The molecule has 0 saturated heterocycles. The van der Waals surface area contributed by atoms with Gasteiger partial charge in [0.15, 0.2) is 0 Å². The normalized spacial score (nSPS) is 14.6. The second kappa shape index (κ2) is 5.50. The largest absolute Gasteiger partial charge is 0.264 e. The monoisotopic (exact) mass is 202 g/mol. The fourth-order valence-electron chi connectivity index (χ4n) is 1.66. The Morgan fingerprint density at radius 1 is 1.40 bits per heavy atom. The van der Waals surface area contributed by atoms with Gasteiger partial charge in [-0.3, -0.25) is 4.98 Å². The summed E-state index contributed by atoms with van der Waals surface area (Å²) in [5.41, 5.74) is 1.22. The summed E-state index contributed by atoms with van der Waals surface area (Å²) in [5.74, 6) is 0.972. The molecule has 15 heavy (non-hydrogen) atoms. The van der Waals surface area contributed by atoms with Gasteiger partial charge >= 0.3 is 0 Å². The fraction of sp³-hybridized carbons (Fsp3) is 0.538. The smallest absolute Gasteiger partial charge is 0.0658 e. The van der Waals surface area contributed by atoms with Gasteiger partial charge in [0.05, 0.1) is 6.07 Å². The minimum absolute atomic E-state index is 0.139. The van der Waals surface area contributed by atoms with Gasteiger partial charge in [-0.05, 0) is 29.9 Å². The molecule has 0 bridgehead atoms. The highest BCUT2D eigenvalue weighted by atomic mass is 14.6. The van der Waals surface area contributed by atoms with Crippen LogP contribution >= 0.6 is 0 Å². The van der Waals surface area contributed by atoms with E-state index in [2.05, 4.69) is 37.9 Å². The SMILES string of the molecule is CC(CC(C#N)C(C)C)c1cccnc1. The Bertz CT molecular complexity index is 324. The standard InChI is InChI=1S/C13H18N2/c1-10(2)13(8-14)7-11(3)12-5-4-6-15-9-12/h4-6,9-11,13H,7H2,1-3H3. The third-order valence-corrected chi connectivity index (χ3v) is 2.83. The van der Waals surface area contributed by atoms with E-state index >= 15 is 0 Å². The molecular weight excluding hydrogens is 184 g/mol. The van der Waals surface area contributed by atoms with Crippen LogP contribution in [-0.4, -0.2) is 4.98 Å². The van der Waals surface area contributed by atoms with Crippen LogP contribution in [0.1, 0.15) is 38.7 Å². The zero-order valence-corrected chi connectivity index (χ0v) is 9.64. The van der Waals surface area contributed by atoms with Crippen molar-refractivity contribution in [2.45, 2.75) is 33.1 Å². The van der Waals surface area contributed by atoms with Crippen molar-refractivity contribution in [3.8, 4) is 6.07 Å². The summed E-state index contributed by atoms with van der Waals surface area (Å²) in [6.45, 7) is 6.36. The van der Waals surface area contributed by atoms with Gasteiger partial charge in [0.25, 0.3) is 0 Å². The molecule has 0 amide bonds. The van der Waals surface area contributed by atoms with Crippen molar-refractivity contribution in [1.29, 1.82) is 5.26 Å². The van der Waals surface area contributed by atoms with Gasteiger partial charge in [-0.1, -0.05) is 26.8 Å². The van der Waals surface area contributed by atoms with E-state index < -0.39 is 0 Å². The summed E-state index contributed by atoms with van der Waals surface area (Å²) in [6.07, 6.45) is 4.58. The van der Waals surface area contributed by atoms with Crippen LogP contribution in [0.3, 0.4) is 0 Å². The molecule has 80 valence electrons. The Balaban J connectivity index is 2.64. The molecule has 0 N–H and O–H groups in total. The molecule has 1 rings (SSSR count). The van der Waals surface area contributed by atoms with Crippen molar-refractivity contribution in [1.82, 2.24) is 4.98 Å². The number of rotatable bonds is 4. The first-order valence-electron chi connectivity index (χ1n) is 5.44. The number of nitrogens with zero attached hydrogens (tertiary/aromatic N) is 2. The first-order chi connectivity index (χ1) is 7.15. The first kappa shape index (κ1) is 11.7. The lowest BCUT2D eigenvalue weighted by molar-refractivity contribution is 0.418. The zero-order chi connectivity index (χ0) is 11.3. The van der Waals surface area contributed by atoms with Gasteiger partial charge in [-0.2, -0.15) is 5.26 Å². The lowest BCUT2D eigenvalue weighted by atomic mass is 9.85. The molecule has 0 fully saturated rings. The van der Waals surface area contributed by atoms with E-state index in [0.717, 1.165) is 6.42 Å². The van der Waals surface area contributed by atoms with E-state index in [1.54, 1.807) is 6.20 Å². The van der Waals surface area contributed by atoms with Gasteiger partial charge in [0.2, 0.25) is 0 Å². The summed E-state index contributed by atoms with van der Waals surface area (Å²) in [5, 5.41) is 9.03. The van der Waals surface area contributed by atoms with Crippen LogP contribution < -0.4 is 0 Å². The third-order valence-electron chi connectivity index (χ3n) is 2.83. The molecule has 2 heteroatoms. The van der Waals surface area contributed by atoms with Crippen LogP contribution in [0.4, 0.5) is 0 Å². The number of hydrogen-bond acceptors (Lipinski definition) is 2. The lowest BCUT2D eigenvalue weighted by Gasteiger charge is -2.18. The molecule has 1 heterocycles. The highest BCUT2D eigenvalue weighted by Gasteiger charge is 2.17.